The van der Waals surface area contributed by atoms with E-state index in [1.54, 1.807) is 42.5 Å². The van der Waals surface area contributed by atoms with Gasteiger partial charge in [0.1, 0.15) is 4.34 Å². The Morgan fingerprint density at radius 1 is 1.21 bits per heavy atom. The van der Waals surface area contributed by atoms with Crippen LogP contribution in [-0.2, 0) is 10.5 Å². The highest BCUT2D eigenvalue weighted by Crippen LogP contribution is 2.30. The number of aromatic nitrogens is 2. The molecule has 1 aromatic carbocycles. The Morgan fingerprint density at radius 3 is 2.72 bits per heavy atom. The Hall–Kier alpha value is -2.58. The second-order valence-electron chi connectivity index (χ2n) is 6.53. The number of carbonyl (C=O) groups is 1. The van der Waals surface area contributed by atoms with E-state index in [1.807, 2.05) is 44.4 Å². The number of anilines is 1. The fraction of sp³-hybridized carbons (Fsp3) is 0.286. The SMILES string of the molecule is COc1cnc(CSc2nc(C)cs2)cc1OCC(=O)Nc1ccc(C)cc1C. The molecule has 0 spiro atoms. The van der Waals surface area contributed by atoms with E-state index in [-0.39, 0.29) is 12.5 Å². The minimum absolute atomic E-state index is 0.119. The van der Waals surface area contributed by atoms with Gasteiger partial charge in [-0.15, -0.1) is 11.3 Å². The first kappa shape index (κ1) is 21.1. The van der Waals surface area contributed by atoms with Crippen molar-refractivity contribution in [3.63, 3.8) is 0 Å². The fourth-order valence-electron chi connectivity index (χ4n) is 2.63. The number of ether oxygens (including phenoxy) is 2. The number of amides is 1. The predicted molar refractivity (Wildman–Crippen MR) is 117 cm³/mol. The van der Waals surface area contributed by atoms with Crippen molar-refractivity contribution in [2.24, 2.45) is 0 Å². The van der Waals surface area contributed by atoms with Crippen molar-refractivity contribution in [2.75, 3.05) is 19.0 Å². The highest BCUT2D eigenvalue weighted by molar-refractivity contribution is 8.00. The number of thioether (sulfide) groups is 1. The second-order valence-corrected chi connectivity index (χ2v) is 8.61. The van der Waals surface area contributed by atoms with Crippen LogP contribution < -0.4 is 14.8 Å². The number of nitrogens with one attached hydrogen (secondary N) is 1. The molecule has 2 aromatic heterocycles. The maximum atomic E-state index is 12.3. The summed E-state index contributed by atoms with van der Waals surface area (Å²) in [5.74, 6) is 1.40. The predicted octanol–water partition coefficient (Wildman–Crippen LogP) is 4.78. The Kier molecular flexibility index (Phi) is 7.11. The van der Waals surface area contributed by atoms with Gasteiger partial charge in [0.2, 0.25) is 0 Å². The molecule has 0 radical (unpaired) electrons. The molecule has 8 heteroatoms. The van der Waals surface area contributed by atoms with Crippen LogP contribution in [0.2, 0.25) is 0 Å². The van der Waals surface area contributed by atoms with E-state index < -0.39 is 0 Å². The third kappa shape index (κ3) is 5.95. The molecule has 0 atom stereocenters. The number of thiazole rings is 1. The summed E-state index contributed by atoms with van der Waals surface area (Å²) in [6.07, 6.45) is 1.61. The van der Waals surface area contributed by atoms with E-state index in [0.29, 0.717) is 17.3 Å². The third-order valence-corrected chi connectivity index (χ3v) is 6.24. The zero-order valence-corrected chi connectivity index (χ0v) is 18.4. The van der Waals surface area contributed by atoms with Gasteiger partial charge in [-0.3, -0.25) is 9.78 Å². The van der Waals surface area contributed by atoms with E-state index in [9.17, 15) is 4.79 Å². The topological polar surface area (TPSA) is 73.3 Å². The average molecular weight is 430 g/mol. The van der Waals surface area contributed by atoms with Crippen LogP contribution in [0.1, 0.15) is 22.5 Å². The van der Waals surface area contributed by atoms with E-state index in [2.05, 4.69) is 15.3 Å². The summed E-state index contributed by atoms with van der Waals surface area (Å²) in [6, 6.07) is 7.68. The first-order valence-electron chi connectivity index (χ1n) is 9.02. The van der Waals surface area contributed by atoms with Gasteiger partial charge in [-0.1, -0.05) is 29.5 Å². The molecule has 0 fully saturated rings. The summed E-state index contributed by atoms with van der Waals surface area (Å²) in [7, 11) is 1.55. The van der Waals surface area contributed by atoms with Crippen LogP contribution in [0.5, 0.6) is 11.5 Å². The van der Waals surface area contributed by atoms with Gasteiger partial charge >= 0.3 is 0 Å². The summed E-state index contributed by atoms with van der Waals surface area (Å²) < 4.78 is 12.0. The lowest BCUT2D eigenvalue weighted by Gasteiger charge is -2.13. The molecule has 1 amide bonds. The average Bonchev–Trinajstić information content (AvgIpc) is 3.12. The number of hydrogen-bond donors (Lipinski definition) is 1. The van der Waals surface area contributed by atoms with Crippen LogP contribution in [0.15, 0.2) is 40.2 Å². The molecule has 0 unspecified atom stereocenters. The van der Waals surface area contributed by atoms with E-state index in [0.717, 1.165) is 32.5 Å². The molecule has 0 bridgehead atoms. The Balaban J connectivity index is 1.61. The first-order valence-corrected chi connectivity index (χ1v) is 10.9. The highest BCUT2D eigenvalue weighted by atomic mass is 32.2. The summed E-state index contributed by atoms with van der Waals surface area (Å²) >= 11 is 3.23. The van der Waals surface area contributed by atoms with Crippen molar-refractivity contribution >= 4 is 34.7 Å². The van der Waals surface area contributed by atoms with Crippen molar-refractivity contribution < 1.29 is 14.3 Å². The fourth-order valence-corrected chi connectivity index (χ4v) is 4.38. The standard InChI is InChI=1S/C21H23N3O3S2/c1-13-5-6-17(14(2)7-13)24-20(25)10-27-18-8-16(22-9-19(18)26-4)12-29-21-23-15(3)11-28-21/h5-9,11H,10,12H2,1-4H3,(H,24,25). The molecule has 0 aliphatic heterocycles. The number of aryl methyl sites for hydroxylation is 3. The molecule has 3 rings (SSSR count). The van der Waals surface area contributed by atoms with Gasteiger partial charge in [0, 0.05) is 28.6 Å². The van der Waals surface area contributed by atoms with Crippen LogP contribution in [0.3, 0.4) is 0 Å². The molecular weight excluding hydrogens is 406 g/mol. The van der Waals surface area contributed by atoms with Crippen molar-refractivity contribution in [3.05, 3.63) is 58.4 Å². The zero-order chi connectivity index (χ0) is 20.8. The molecule has 0 aliphatic carbocycles. The number of benzene rings is 1. The number of hydrogen-bond acceptors (Lipinski definition) is 7. The smallest absolute Gasteiger partial charge is 0.262 e. The molecular formula is C21H23N3O3S2. The molecule has 6 nitrogen and oxygen atoms in total. The monoisotopic (exact) mass is 429 g/mol. The second kappa shape index (κ2) is 9.76. The largest absolute Gasteiger partial charge is 0.491 e. The number of pyridine rings is 1. The van der Waals surface area contributed by atoms with Crippen LogP contribution in [-0.4, -0.2) is 29.6 Å². The lowest BCUT2D eigenvalue weighted by molar-refractivity contribution is -0.118. The molecule has 0 saturated heterocycles. The van der Waals surface area contributed by atoms with Gasteiger partial charge in [0.25, 0.3) is 5.91 Å². The van der Waals surface area contributed by atoms with Gasteiger partial charge in [0.15, 0.2) is 18.1 Å². The number of carbonyl (C=O) groups excluding carboxylic acids is 1. The number of nitrogens with zero attached hydrogens (tertiary/aromatic N) is 2. The van der Waals surface area contributed by atoms with Gasteiger partial charge in [-0.05, 0) is 32.4 Å². The maximum absolute atomic E-state index is 12.3. The minimum Gasteiger partial charge on any atom is -0.491 e. The molecule has 3 aromatic rings. The van der Waals surface area contributed by atoms with Crippen molar-refractivity contribution in [1.29, 1.82) is 0 Å². The first-order chi connectivity index (χ1) is 13.9. The summed E-state index contributed by atoms with van der Waals surface area (Å²) in [5, 5.41) is 4.90. The normalized spacial score (nSPS) is 10.6. The van der Waals surface area contributed by atoms with E-state index >= 15 is 0 Å². The molecule has 0 aliphatic rings. The van der Waals surface area contributed by atoms with Gasteiger partial charge in [-0.2, -0.15) is 0 Å². The summed E-state index contributed by atoms with van der Waals surface area (Å²) in [6.45, 7) is 5.83. The lowest BCUT2D eigenvalue weighted by Crippen LogP contribution is -2.21. The quantitative estimate of drug-likeness (QED) is 0.520. The lowest BCUT2D eigenvalue weighted by atomic mass is 10.1. The van der Waals surface area contributed by atoms with Crippen LogP contribution in [0, 0.1) is 20.8 Å². The highest BCUT2D eigenvalue weighted by Gasteiger charge is 2.12. The summed E-state index contributed by atoms with van der Waals surface area (Å²) in [4.78, 5) is 21.2. The van der Waals surface area contributed by atoms with Crippen LogP contribution in [0.4, 0.5) is 5.69 Å². The van der Waals surface area contributed by atoms with Crippen LogP contribution in [0.25, 0.3) is 0 Å². The Morgan fingerprint density at radius 2 is 2.03 bits per heavy atom. The summed E-state index contributed by atoms with van der Waals surface area (Å²) in [5.41, 5.74) is 4.78. The molecule has 29 heavy (non-hydrogen) atoms. The van der Waals surface area contributed by atoms with Crippen molar-refractivity contribution in [2.45, 2.75) is 30.9 Å². The van der Waals surface area contributed by atoms with Crippen LogP contribution >= 0.6 is 23.1 Å². The van der Waals surface area contributed by atoms with Crippen molar-refractivity contribution in [3.8, 4) is 11.5 Å². The zero-order valence-electron chi connectivity index (χ0n) is 16.8. The molecule has 0 saturated carbocycles. The number of rotatable bonds is 8. The Labute approximate surface area is 178 Å². The molecule has 152 valence electrons. The van der Waals surface area contributed by atoms with Crippen molar-refractivity contribution in [1.82, 2.24) is 9.97 Å². The van der Waals surface area contributed by atoms with Gasteiger partial charge < -0.3 is 14.8 Å². The maximum Gasteiger partial charge on any atom is 0.262 e. The molecule has 2 heterocycles. The van der Waals surface area contributed by atoms with Gasteiger partial charge in [0.05, 0.1) is 19.0 Å². The number of methoxy groups -OCH3 is 1. The van der Waals surface area contributed by atoms with E-state index in [4.69, 9.17) is 9.47 Å². The van der Waals surface area contributed by atoms with E-state index in [1.165, 1.54) is 0 Å². The minimum atomic E-state index is -0.231. The molecule has 1 N–H and O–H groups in total. The van der Waals surface area contributed by atoms with Gasteiger partial charge in [-0.25, -0.2) is 4.98 Å². The Bertz CT molecular complexity index is 1000. The third-order valence-electron chi connectivity index (χ3n) is 4.06.